The molecule has 3 unspecified atom stereocenters. The maximum absolute atomic E-state index is 12.8. The Bertz CT molecular complexity index is 1090. The highest BCUT2D eigenvalue weighted by atomic mass is 32.2. The van der Waals surface area contributed by atoms with Crippen molar-refractivity contribution < 1.29 is 29.4 Å². The lowest BCUT2D eigenvalue weighted by molar-refractivity contribution is -0.152. The van der Waals surface area contributed by atoms with E-state index in [9.17, 15) is 29.4 Å². The Morgan fingerprint density at radius 1 is 1.38 bits per heavy atom. The normalized spacial score (nSPS) is 22.0. The van der Waals surface area contributed by atoms with Crippen molar-refractivity contribution in [3.05, 3.63) is 33.7 Å². The molecule has 2 aromatic rings. The number of β-lactam (4-membered cyclic amide) rings is 1. The van der Waals surface area contributed by atoms with Gasteiger partial charge < -0.3 is 15.5 Å². The monoisotopic (exact) mass is 496 g/mol. The van der Waals surface area contributed by atoms with Crippen LogP contribution in [0.5, 0.6) is 0 Å². The summed E-state index contributed by atoms with van der Waals surface area (Å²) in [4.78, 5) is 50.2. The number of carbonyl (C=O) groups excluding carboxylic acids is 2. The van der Waals surface area contributed by atoms with Crippen LogP contribution in [-0.4, -0.2) is 81.9 Å². The van der Waals surface area contributed by atoms with Gasteiger partial charge in [-0.2, -0.15) is 16.6 Å². The van der Waals surface area contributed by atoms with Crippen LogP contribution < -0.4 is 5.32 Å². The number of fused-ring (bicyclic) bond motifs is 1. The molecule has 2 amide bonds. The number of nitrogens with one attached hydrogen (secondary N) is 2. The lowest BCUT2D eigenvalue weighted by Gasteiger charge is -2.50. The number of thiophene rings is 1. The molecule has 0 spiro atoms. The molecule has 32 heavy (non-hydrogen) atoms. The first-order valence-corrected chi connectivity index (χ1v) is 12.0. The van der Waals surface area contributed by atoms with E-state index in [0.29, 0.717) is 22.0 Å². The molecule has 4 heterocycles. The van der Waals surface area contributed by atoms with Crippen molar-refractivity contribution in [3.63, 3.8) is 0 Å². The summed E-state index contributed by atoms with van der Waals surface area (Å²) >= 11 is 3.76. The first-order chi connectivity index (χ1) is 15.3. The van der Waals surface area contributed by atoms with Crippen LogP contribution in [0.3, 0.4) is 0 Å². The van der Waals surface area contributed by atoms with Crippen LogP contribution in [0.2, 0.25) is 0 Å². The molecular formula is C17H16N6O6S3. The molecule has 2 aromatic heterocycles. The molecule has 4 rings (SSSR count). The number of amides is 2. The number of aromatic nitrogens is 4. The predicted octanol–water partition coefficient (Wildman–Crippen LogP) is 0.349. The number of tetrazole rings is 1. The Labute approximate surface area is 192 Å². The van der Waals surface area contributed by atoms with E-state index in [1.165, 1.54) is 40.9 Å². The molecule has 0 saturated carbocycles. The summed E-state index contributed by atoms with van der Waals surface area (Å²) in [6, 6.07) is 0.525. The quantitative estimate of drug-likeness (QED) is 0.225. The third-order valence-electron chi connectivity index (χ3n) is 4.98. The minimum absolute atomic E-state index is 0.139. The minimum Gasteiger partial charge on any atom is -0.480 e. The summed E-state index contributed by atoms with van der Waals surface area (Å²) in [7, 11) is 0. The fraction of sp³-hybridized carbons (Fsp3) is 0.353. The van der Waals surface area contributed by atoms with Crippen LogP contribution >= 0.6 is 34.9 Å². The van der Waals surface area contributed by atoms with Gasteiger partial charge in [0.1, 0.15) is 17.1 Å². The number of carbonyl (C=O) groups is 4. The van der Waals surface area contributed by atoms with Crippen molar-refractivity contribution in [3.8, 4) is 0 Å². The fourth-order valence-electron chi connectivity index (χ4n) is 3.47. The predicted molar refractivity (Wildman–Crippen MR) is 114 cm³/mol. The SMILES string of the molecule is CC(Sc1nn[nH]n1)C1=C(C(=O)O)N2C(=O)C(NC(=O)C(C(=O)O)c3ccsc3)[C@@H]2SC1. The van der Waals surface area contributed by atoms with E-state index in [1.807, 2.05) is 0 Å². The Morgan fingerprint density at radius 3 is 2.75 bits per heavy atom. The smallest absolute Gasteiger partial charge is 0.352 e. The molecule has 4 N–H and O–H groups in total. The Balaban J connectivity index is 1.52. The molecule has 0 bridgehead atoms. The number of aliphatic carboxylic acids is 2. The number of carboxylic acids is 2. The molecule has 12 nitrogen and oxygen atoms in total. The lowest BCUT2D eigenvalue weighted by Crippen LogP contribution is -2.71. The first kappa shape index (κ1) is 22.3. The number of hydrogen-bond donors (Lipinski definition) is 4. The number of hydrogen-bond acceptors (Lipinski definition) is 10. The van der Waals surface area contributed by atoms with Gasteiger partial charge in [0.2, 0.25) is 11.1 Å². The zero-order valence-electron chi connectivity index (χ0n) is 16.3. The number of carboxylic acid groups (broad SMARTS) is 2. The summed E-state index contributed by atoms with van der Waals surface area (Å²) in [6.45, 7) is 1.78. The minimum atomic E-state index is -1.45. The van der Waals surface area contributed by atoms with E-state index in [-0.39, 0.29) is 10.9 Å². The highest BCUT2D eigenvalue weighted by molar-refractivity contribution is 8.01. The van der Waals surface area contributed by atoms with Crippen LogP contribution in [0.1, 0.15) is 18.4 Å². The maximum atomic E-state index is 12.8. The molecule has 0 aliphatic carbocycles. The molecule has 15 heteroatoms. The molecule has 168 valence electrons. The largest absolute Gasteiger partial charge is 0.480 e. The fourth-order valence-corrected chi connectivity index (χ4v) is 6.57. The van der Waals surface area contributed by atoms with Crippen LogP contribution in [0.15, 0.2) is 33.3 Å². The molecule has 2 aliphatic heterocycles. The van der Waals surface area contributed by atoms with E-state index in [0.717, 1.165) is 4.90 Å². The second-order valence-electron chi connectivity index (χ2n) is 6.86. The molecule has 4 atom stereocenters. The van der Waals surface area contributed by atoms with Crippen molar-refractivity contribution in [2.45, 2.75) is 34.7 Å². The topological polar surface area (TPSA) is 178 Å². The van der Waals surface area contributed by atoms with E-state index < -0.39 is 41.1 Å². The van der Waals surface area contributed by atoms with Crippen LogP contribution in [0.4, 0.5) is 0 Å². The van der Waals surface area contributed by atoms with Gasteiger partial charge in [-0.05, 0) is 40.1 Å². The van der Waals surface area contributed by atoms with E-state index >= 15 is 0 Å². The standard InChI is InChI=1S/C17H16N6O6S3/c1-6(32-17-19-21-22-20-17)8-5-31-14-10(13(25)23(14)11(8)16(28)29)18-12(24)9(15(26)27)7-2-3-30-4-7/h2-4,6,9-10,14H,5H2,1H3,(H,18,24)(H,26,27)(H,28,29)(H,19,20,21,22)/t6?,9?,10?,14-/m0/s1. The van der Waals surface area contributed by atoms with Crippen molar-refractivity contribution in [1.82, 2.24) is 30.8 Å². The van der Waals surface area contributed by atoms with Crippen molar-refractivity contribution in [2.24, 2.45) is 0 Å². The number of rotatable bonds is 8. The van der Waals surface area contributed by atoms with Crippen LogP contribution in [0, 0.1) is 0 Å². The summed E-state index contributed by atoms with van der Waals surface area (Å²) in [5.41, 5.74) is 0.703. The molecule has 1 saturated heterocycles. The van der Waals surface area contributed by atoms with Gasteiger partial charge in [-0.15, -0.1) is 22.0 Å². The van der Waals surface area contributed by atoms with Gasteiger partial charge in [-0.25, -0.2) is 4.79 Å². The molecule has 0 aromatic carbocycles. The van der Waals surface area contributed by atoms with Gasteiger partial charge in [0.15, 0.2) is 5.92 Å². The number of thioether (sulfide) groups is 2. The highest BCUT2D eigenvalue weighted by Gasteiger charge is 2.55. The third kappa shape index (κ3) is 3.98. The van der Waals surface area contributed by atoms with Gasteiger partial charge in [-0.3, -0.25) is 19.3 Å². The maximum Gasteiger partial charge on any atom is 0.352 e. The first-order valence-electron chi connectivity index (χ1n) is 9.16. The molecule has 0 radical (unpaired) electrons. The van der Waals surface area contributed by atoms with Gasteiger partial charge in [0.05, 0.1) is 0 Å². The number of H-pyrrole nitrogens is 1. The van der Waals surface area contributed by atoms with E-state index in [2.05, 4.69) is 25.9 Å². The summed E-state index contributed by atoms with van der Waals surface area (Å²) in [6.07, 6.45) is 0. The lowest BCUT2D eigenvalue weighted by atomic mass is 9.98. The third-order valence-corrected chi connectivity index (χ3v) is 8.01. The zero-order chi connectivity index (χ0) is 23.0. The highest BCUT2D eigenvalue weighted by Crippen LogP contribution is 2.43. The summed E-state index contributed by atoms with van der Waals surface area (Å²) in [5, 5.41) is 37.8. The number of aromatic amines is 1. The zero-order valence-corrected chi connectivity index (χ0v) is 18.7. The van der Waals surface area contributed by atoms with E-state index in [1.54, 1.807) is 17.7 Å². The number of nitrogens with zero attached hydrogens (tertiary/aromatic N) is 4. The van der Waals surface area contributed by atoms with Gasteiger partial charge >= 0.3 is 11.9 Å². The molecule has 1 fully saturated rings. The molecular weight excluding hydrogens is 480 g/mol. The van der Waals surface area contributed by atoms with Crippen molar-refractivity contribution in [1.29, 1.82) is 0 Å². The Kier molecular flexibility index (Phi) is 6.21. The second kappa shape index (κ2) is 8.91. The molecule has 2 aliphatic rings. The van der Waals surface area contributed by atoms with Gasteiger partial charge in [0, 0.05) is 11.0 Å². The second-order valence-corrected chi connectivity index (χ2v) is 10.1. The summed E-state index contributed by atoms with van der Waals surface area (Å²) in [5.74, 6) is -5.15. The van der Waals surface area contributed by atoms with Crippen LogP contribution in [-0.2, 0) is 19.2 Å². The Morgan fingerprint density at radius 2 is 2.16 bits per heavy atom. The van der Waals surface area contributed by atoms with E-state index in [4.69, 9.17) is 0 Å². The van der Waals surface area contributed by atoms with Crippen molar-refractivity contribution in [2.75, 3.05) is 5.75 Å². The van der Waals surface area contributed by atoms with Crippen LogP contribution in [0.25, 0.3) is 0 Å². The van der Waals surface area contributed by atoms with Gasteiger partial charge in [0.25, 0.3) is 5.91 Å². The van der Waals surface area contributed by atoms with Crippen molar-refractivity contribution >= 4 is 58.6 Å². The Hall–Kier alpha value is -2.91. The average Bonchev–Trinajstić information content (AvgIpc) is 3.45. The van der Waals surface area contributed by atoms with Gasteiger partial charge in [-0.1, -0.05) is 11.8 Å². The average molecular weight is 497 g/mol. The summed E-state index contributed by atoms with van der Waals surface area (Å²) < 4.78 is 0.